The summed E-state index contributed by atoms with van der Waals surface area (Å²) in [6, 6.07) is 19.3. The van der Waals surface area contributed by atoms with Gasteiger partial charge in [0.2, 0.25) is 5.91 Å². The number of carbonyl (C=O) groups excluding carboxylic acids is 2. The molecule has 0 bridgehead atoms. The van der Waals surface area contributed by atoms with Crippen LogP contribution >= 0.6 is 23.2 Å². The Morgan fingerprint density at radius 1 is 1.03 bits per heavy atom. The van der Waals surface area contributed by atoms with E-state index in [4.69, 9.17) is 27.9 Å². The summed E-state index contributed by atoms with van der Waals surface area (Å²) in [6.07, 6.45) is 0.258. The summed E-state index contributed by atoms with van der Waals surface area (Å²) < 4.78 is 20.1. The molecule has 0 heterocycles. The summed E-state index contributed by atoms with van der Waals surface area (Å²) in [7, 11) is 0. The van der Waals surface area contributed by atoms with Gasteiger partial charge in [-0.15, -0.1) is 0 Å². The molecule has 5 nitrogen and oxygen atoms in total. The number of rotatable bonds is 10. The van der Waals surface area contributed by atoms with Crippen molar-refractivity contribution in [3.8, 4) is 5.75 Å². The molecule has 0 aliphatic carbocycles. The number of hydrogen-bond acceptors (Lipinski definition) is 3. The molecule has 3 aromatic carbocycles. The molecule has 0 fully saturated rings. The highest BCUT2D eigenvalue weighted by Crippen LogP contribution is 2.27. The van der Waals surface area contributed by atoms with Crippen molar-refractivity contribution in [3.05, 3.63) is 99.8 Å². The number of benzene rings is 3. The zero-order chi connectivity index (χ0) is 24.5. The van der Waals surface area contributed by atoms with Gasteiger partial charge >= 0.3 is 0 Å². The number of likely N-dealkylation sites (N-methyl/N-ethyl adjacent to an activating group) is 1. The highest BCUT2D eigenvalue weighted by atomic mass is 35.5. The summed E-state index contributed by atoms with van der Waals surface area (Å²) in [6.45, 7) is 1.70. The van der Waals surface area contributed by atoms with E-state index in [0.29, 0.717) is 17.1 Å². The van der Waals surface area contributed by atoms with Gasteiger partial charge in [0.05, 0.1) is 5.02 Å². The maximum absolute atomic E-state index is 14.5. The summed E-state index contributed by atoms with van der Waals surface area (Å²) in [4.78, 5) is 27.8. The molecule has 0 saturated carbocycles. The minimum Gasteiger partial charge on any atom is -0.482 e. The lowest BCUT2D eigenvalue weighted by molar-refractivity contribution is -0.142. The molecule has 1 N–H and O–H groups in total. The first-order valence-corrected chi connectivity index (χ1v) is 11.6. The van der Waals surface area contributed by atoms with E-state index in [1.54, 1.807) is 37.3 Å². The lowest BCUT2D eigenvalue weighted by Crippen LogP contribution is -2.51. The molecular weight excluding hydrogens is 478 g/mol. The third-order valence-electron chi connectivity index (χ3n) is 5.17. The first kappa shape index (κ1) is 25.5. The van der Waals surface area contributed by atoms with E-state index in [-0.39, 0.29) is 36.3 Å². The minimum absolute atomic E-state index is 0.0994. The van der Waals surface area contributed by atoms with Crippen molar-refractivity contribution in [3.63, 3.8) is 0 Å². The molecule has 3 aromatic rings. The van der Waals surface area contributed by atoms with Crippen LogP contribution in [0.15, 0.2) is 72.8 Å². The van der Waals surface area contributed by atoms with Crippen molar-refractivity contribution in [2.75, 3.05) is 13.2 Å². The van der Waals surface area contributed by atoms with Crippen LogP contribution in [0.5, 0.6) is 5.75 Å². The highest BCUT2D eigenvalue weighted by molar-refractivity contribution is 6.35. The van der Waals surface area contributed by atoms with E-state index in [0.717, 1.165) is 5.56 Å². The number of amides is 2. The Labute approximate surface area is 208 Å². The molecule has 0 radical (unpaired) electrons. The van der Waals surface area contributed by atoms with Gasteiger partial charge in [0.25, 0.3) is 5.91 Å². The number of nitrogens with zero attached hydrogens (tertiary/aromatic N) is 1. The fourth-order valence-electron chi connectivity index (χ4n) is 3.47. The Balaban J connectivity index is 1.91. The second-order valence-corrected chi connectivity index (χ2v) is 8.42. The maximum Gasteiger partial charge on any atom is 0.261 e. The van der Waals surface area contributed by atoms with Crippen LogP contribution in [0.25, 0.3) is 0 Å². The quantitative estimate of drug-likeness (QED) is 0.409. The molecule has 34 heavy (non-hydrogen) atoms. The number of halogens is 3. The SMILES string of the molecule is CCNC(=O)[C@H](Cc1ccccc1)N(Cc1ccccc1F)C(=O)COc1ccc(Cl)cc1Cl. The van der Waals surface area contributed by atoms with Crippen molar-refractivity contribution < 1.29 is 18.7 Å². The average molecular weight is 503 g/mol. The highest BCUT2D eigenvalue weighted by Gasteiger charge is 2.31. The van der Waals surface area contributed by atoms with Gasteiger partial charge in [-0.1, -0.05) is 71.7 Å². The van der Waals surface area contributed by atoms with Crippen LogP contribution in [0.4, 0.5) is 4.39 Å². The number of ether oxygens (including phenoxy) is 1. The van der Waals surface area contributed by atoms with E-state index < -0.39 is 17.8 Å². The van der Waals surface area contributed by atoms with E-state index >= 15 is 0 Å². The van der Waals surface area contributed by atoms with Crippen molar-refractivity contribution in [1.29, 1.82) is 0 Å². The number of hydrogen-bond donors (Lipinski definition) is 1. The maximum atomic E-state index is 14.5. The van der Waals surface area contributed by atoms with Gasteiger partial charge in [0, 0.05) is 30.1 Å². The molecule has 8 heteroatoms. The van der Waals surface area contributed by atoms with Crippen molar-refractivity contribution in [2.45, 2.75) is 25.9 Å². The third kappa shape index (κ3) is 6.95. The van der Waals surface area contributed by atoms with E-state index in [2.05, 4.69) is 5.32 Å². The van der Waals surface area contributed by atoms with E-state index in [1.807, 2.05) is 30.3 Å². The van der Waals surface area contributed by atoms with Crippen LogP contribution in [0.3, 0.4) is 0 Å². The lowest BCUT2D eigenvalue weighted by Gasteiger charge is -2.31. The molecule has 2 amide bonds. The molecular formula is C26H25Cl2FN2O3. The zero-order valence-electron chi connectivity index (χ0n) is 18.6. The van der Waals surface area contributed by atoms with Gasteiger partial charge in [-0.25, -0.2) is 4.39 Å². The van der Waals surface area contributed by atoms with Crippen LogP contribution in [0.2, 0.25) is 10.0 Å². The van der Waals surface area contributed by atoms with Gasteiger partial charge in [-0.2, -0.15) is 0 Å². The van der Waals surface area contributed by atoms with Gasteiger partial charge in [-0.05, 0) is 36.8 Å². The van der Waals surface area contributed by atoms with E-state index in [1.165, 1.54) is 17.0 Å². The molecule has 0 aliphatic heterocycles. The van der Waals surface area contributed by atoms with Gasteiger partial charge in [0.1, 0.15) is 17.6 Å². The topological polar surface area (TPSA) is 58.6 Å². The van der Waals surface area contributed by atoms with Gasteiger partial charge in [0.15, 0.2) is 6.61 Å². The second kappa shape index (κ2) is 12.4. The third-order valence-corrected chi connectivity index (χ3v) is 5.70. The van der Waals surface area contributed by atoms with Crippen LogP contribution in [-0.4, -0.2) is 35.9 Å². The van der Waals surface area contributed by atoms with Gasteiger partial charge in [-0.3, -0.25) is 9.59 Å². The summed E-state index contributed by atoms with van der Waals surface area (Å²) in [5.41, 5.74) is 1.16. The largest absolute Gasteiger partial charge is 0.482 e. The van der Waals surface area contributed by atoms with Crippen LogP contribution in [0, 0.1) is 5.82 Å². The Hall–Kier alpha value is -3.09. The van der Waals surface area contributed by atoms with Crippen molar-refractivity contribution in [1.82, 2.24) is 10.2 Å². The van der Waals surface area contributed by atoms with Crippen molar-refractivity contribution in [2.24, 2.45) is 0 Å². The van der Waals surface area contributed by atoms with Crippen LogP contribution in [-0.2, 0) is 22.6 Å². The Bertz CT molecular complexity index is 1130. The predicted octanol–water partition coefficient (Wildman–Crippen LogP) is 5.29. The molecule has 0 unspecified atom stereocenters. The van der Waals surface area contributed by atoms with Gasteiger partial charge < -0.3 is 15.0 Å². The molecule has 0 saturated heterocycles. The predicted molar refractivity (Wildman–Crippen MR) is 132 cm³/mol. The average Bonchev–Trinajstić information content (AvgIpc) is 2.82. The number of nitrogens with one attached hydrogen (secondary N) is 1. The molecule has 0 aromatic heterocycles. The molecule has 178 valence electrons. The molecule has 1 atom stereocenters. The fraction of sp³-hybridized carbons (Fsp3) is 0.231. The standard InChI is InChI=1S/C26H25Cl2FN2O3/c1-2-30-26(33)23(14-18-8-4-3-5-9-18)31(16-19-10-6-7-11-22(19)29)25(32)17-34-24-13-12-20(27)15-21(24)28/h3-13,15,23H,2,14,16-17H2,1H3,(H,30,33)/t23-/m0/s1. The smallest absolute Gasteiger partial charge is 0.261 e. The normalized spacial score (nSPS) is 11.5. The Kier molecular flexibility index (Phi) is 9.31. The first-order chi connectivity index (χ1) is 16.4. The first-order valence-electron chi connectivity index (χ1n) is 10.8. The number of carbonyl (C=O) groups is 2. The van der Waals surface area contributed by atoms with Crippen molar-refractivity contribution >= 4 is 35.0 Å². The molecule has 0 aliphatic rings. The van der Waals surface area contributed by atoms with Crippen LogP contribution < -0.4 is 10.1 Å². The summed E-state index contributed by atoms with van der Waals surface area (Å²) in [5.74, 6) is -0.999. The second-order valence-electron chi connectivity index (χ2n) is 7.58. The summed E-state index contributed by atoms with van der Waals surface area (Å²) in [5, 5.41) is 3.48. The lowest BCUT2D eigenvalue weighted by atomic mass is 10.0. The van der Waals surface area contributed by atoms with E-state index in [9.17, 15) is 14.0 Å². The molecule has 3 rings (SSSR count). The Morgan fingerprint density at radius 3 is 2.41 bits per heavy atom. The zero-order valence-corrected chi connectivity index (χ0v) is 20.2. The summed E-state index contributed by atoms with van der Waals surface area (Å²) >= 11 is 12.1. The van der Waals surface area contributed by atoms with Crippen LogP contribution in [0.1, 0.15) is 18.1 Å². The minimum atomic E-state index is -0.876. The Morgan fingerprint density at radius 2 is 1.74 bits per heavy atom. The molecule has 0 spiro atoms. The monoisotopic (exact) mass is 502 g/mol. The fourth-order valence-corrected chi connectivity index (χ4v) is 3.93.